The highest BCUT2D eigenvalue weighted by Crippen LogP contribution is 2.28. The molecular formula is C11H20N2. The third kappa shape index (κ3) is 3.78. The number of hydrogen-bond donors (Lipinski definition) is 1. The van der Waals surface area contributed by atoms with Gasteiger partial charge in [0.1, 0.15) is 5.54 Å². The normalized spacial score (nSPS) is 24.4. The van der Waals surface area contributed by atoms with Gasteiger partial charge in [-0.25, -0.2) is 0 Å². The Hall–Kier alpha value is -0.550. The van der Waals surface area contributed by atoms with Crippen molar-refractivity contribution in [3.05, 3.63) is 0 Å². The summed E-state index contributed by atoms with van der Waals surface area (Å²) in [5, 5.41) is 8.82. The van der Waals surface area contributed by atoms with Crippen molar-refractivity contribution in [1.29, 1.82) is 5.26 Å². The van der Waals surface area contributed by atoms with E-state index in [0.29, 0.717) is 5.92 Å². The average Bonchev–Trinajstić information content (AvgIpc) is 2.32. The summed E-state index contributed by atoms with van der Waals surface area (Å²) in [5.41, 5.74) is 5.23. The van der Waals surface area contributed by atoms with E-state index in [0.717, 1.165) is 6.42 Å². The van der Waals surface area contributed by atoms with Crippen LogP contribution in [0, 0.1) is 17.2 Å². The maximum atomic E-state index is 8.82. The van der Waals surface area contributed by atoms with Crippen LogP contribution in [0.5, 0.6) is 0 Å². The van der Waals surface area contributed by atoms with Crippen molar-refractivity contribution in [3.63, 3.8) is 0 Å². The molecule has 1 aliphatic rings. The molecule has 0 bridgehead atoms. The summed E-state index contributed by atoms with van der Waals surface area (Å²) in [7, 11) is 0. The van der Waals surface area contributed by atoms with Crippen LogP contribution in [0.2, 0.25) is 0 Å². The highest BCUT2D eigenvalue weighted by Gasteiger charge is 2.23. The molecule has 0 spiro atoms. The second-order valence-corrected chi connectivity index (χ2v) is 4.59. The lowest BCUT2D eigenvalue weighted by Gasteiger charge is -2.22. The summed E-state index contributed by atoms with van der Waals surface area (Å²) in [5.74, 6) is 0.692. The van der Waals surface area contributed by atoms with Crippen LogP contribution < -0.4 is 5.73 Å². The summed E-state index contributed by atoms with van der Waals surface area (Å²) in [4.78, 5) is 0. The van der Waals surface area contributed by atoms with E-state index in [1.807, 2.05) is 6.92 Å². The van der Waals surface area contributed by atoms with Crippen molar-refractivity contribution in [2.24, 2.45) is 11.7 Å². The molecule has 0 saturated heterocycles. The predicted octanol–water partition coefficient (Wildman–Crippen LogP) is 2.59. The fourth-order valence-electron chi connectivity index (χ4n) is 2.21. The van der Waals surface area contributed by atoms with Crippen molar-refractivity contribution in [3.8, 4) is 6.07 Å². The molecule has 0 heterocycles. The van der Waals surface area contributed by atoms with Crippen LogP contribution in [-0.4, -0.2) is 5.54 Å². The van der Waals surface area contributed by atoms with Gasteiger partial charge in [0, 0.05) is 0 Å². The van der Waals surface area contributed by atoms with Gasteiger partial charge in [-0.15, -0.1) is 0 Å². The highest BCUT2D eigenvalue weighted by molar-refractivity contribution is 5.01. The van der Waals surface area contributed by atoms with Crippen molar-refractivity contribution >= 4 is 0 Å². The molecule has 0 radical (unpaired) electrons. The molecule has 0 aromatic carbocycles. The van der Waals surface area contributed by atoms with Crippen LogP contribution in [0.15, 0.2) is 0 Å². The van der Waals surface area contributed by atoms with Gasteiger partial charge < -0.3 is 5.73 Å². The van der Waals surface area contributed by atoms with Gasteiger partial charge in [0.25, 0.3) is 0 Å². The Morgan fingerprint density at radius 2 is 1.85 bits per heavy atom. The maximum Gasteiger partial charge on any atom is 0.101 e. The van der Waals surface area contributed by atoms with Gasteiger partial charge in [-0.05, 0) is 19.3 Å². The van der Waals surface area contributed by atoms with Crippen molar-refractivity contribution in [1.82, 2.24) is 0 Å². The van der Waals surface area contributed by atoms with Crippen LogP contribution in [0.4, 0.5) is 0 Å². The third-order valence-corrected chi connectivity index (χ3v) is 2.94. The minimum absolute atomic E-state index is 0.602. The topological polar surface area (TPSA) is 49.8 Å². The molecule has 0 aliphatic heterocycles. The van der Waals surface area contributed by atoms with E-state index >= 15 is 0 Å². The summed E-state index contributed by atoms with van der Waals surface area (Å²) < 4.78 is 0. The SMILES string of the molecule is CC(N)(C#N)CC1CCCCCC1. The molecule has 74 valence electrons. The van der Waals surface area contributed by atoms with Gasteiger partial charge in [0.2, 0.25) is 0 Å². The molecule has 2 N–H and O–H groups in total. The van der Waals surface area contributed by atoms with E-state index < -0.39 is 5.54 Å². The average molecular weight is 180 g/mol. The standard InChI is InChI=1S/C11H20N2/c1-11(13,9-12)8-10-6-4-2-3-5-7-10/h10H,2-8,13H2,1H3. The first kappa shape index (κ1) is 10.5. The molecule has 0 amide bonds. The van der Waals surface area contributed by atoms with Crippen LogP contribution in [-0.2, 0) is 0 Å². The smallest absolute Gasteiger partial charge is 0.101 e. The van der Waals surface area contributed by atoms with Crippen LogP contribution in [0.3, 0.4) is 0 Å². The molecular weight excluding hydrogens is 160 g/mol. The zero-order valence-corrected chi connectivity index (χ0v) is 8.55. The largest absolute Gasteiger partial charge is 0.314 e. The first-order chi connectivity index (χ1) is 6.14. The van der Waals surface area contributed by atoms with Gasteiger partial charge in [0.05, 0.1) is 6.07 Å². The first-order valence-electron chi connectivity index (χ1n) is 5.34. The molecule has 1 fully saturated rings. The van der Waals surface area contributed by atoms with Gasteiger partial charge in [-0.3, -0.25) is 0 Å². The molecule has 1 unspecified atom stereocenters. The Morgan fingerprint density at radius 1 is 1.31 bits per heavy atom. The zero-order chi connectivity index (χ0) is 9.73. The van der Waals surface area contributed by atoms with E-state index in [1.54, 1.807) is 0 Å². The molecule has 0 aromatic heterocycles. The van der Waals surface area contributed by atoms with Crippen molar-refractivity contribution < 1.29 is 0 Å². The summed E-state index contributed by atoms with van der Waals surface area (Å²) in [6.07, 6.45) is 8.81. The van der Waals surface area contributed by atoms with E-state index in [9.17, 15) is 0 Å². The minimum atomic E-state index is -0.602. The quantitative estimate of drug-likeness (QED) is 0.664. The number of rotatable bonds is 2. The van der Waals surface area contributed by atoms with Gasteiger partial charge in [-0.1, -0.05) is 38.5 Å². The van der Waals surface area contributed by atoms with Gasteiger partial charge in [-0.2, -0.15) is 5.26 Å². The van der Waals surface area contributed by atoms with E-state index in [4.69, 9.17) is 11.0 Å². The minimum Gasteiger partial charge on any atom is -0.314 e. The molecule has 2 nitrogen and oxygen atoms in total. The van der Waals surface area contributed by atoms with Crippen LogP contribution in [0.1, 0.15) is 51.9 Å². The Bertz CT molecular complexity index is 183. The predicted molar refractivity (Wildman–Crippen MR) is 54.0 cm³/mol. The lowest BCUT2D eigenvalue weighted by atomic mass is 9.86. The second-order valence-electron chi connectivity index (χ2n) is 4.59. The Balaban J connectivity index is 2.39. The lowest BCUT2D eigenvalue weighted by molar-refractivity contribution is 0.360. The number of nitrogens with zero attached hydrogens (tertiary/aromatic N) is 1. The van der Waals surface area contributed by atoms with Gasteiger partial charge >= 0.3 is 0 Å². The molecule has 1 atom stereocenters. The molecule has 1 saturated carbocycles. The number of nitriles is 1. The molecule has 1 rings (SSSR count). The summed E-state index contributed by atoms with van der Waals surface area (Å²) >= 11 is 0. The molecule has 13 heavy (non-hydrogen) atoms. The summed E-state index contributed by atoms with van der Waals surface area (Å²) in [6.45, 7) is 1.85. The number of nitrogens with two attached hydrogens (primary N) is 1. The maximum absolute atomic E-state index is 8.82. The Morgan fingerprint density at radius 3 is 2.31 bits per heavy atom. The Labute approximate surface area is 81.1 Å². The monoisotopic (exact) mass is 180 g/mol. The summed E-state index contributed by atoms with van der Waals surface area (Å²) in [6, 6.07) is 2.19. The van der Waals surface area contributed by atoms with Crippen LogP contribution in [0.25, 0.3) is 0 Å². The van der Waals surface area contributed by atoms with E-state index in [-0.39, 0.29) is 0 Å². The fourth-order valence-corrected chi connectivity index (χ4v) is 2.21. The molecule has 1 aliphatic carbocycles. The van der Waals surface area contributed by atoms with Gasteiger partial charge in [0.15, 0.2) is 0 Å². The molecule has 2 heteroatoms. The highest BCUT2D eigenvalue weighted by atomic mass is 14.7. The Kier molecular flexibility index (Phi) is 3.74. The molecule has 0 aromatic rings. The first-order valence-corrected chi connectivity index (χ1v) is 5.34. The van der Waals surface area contributed by atoms with Crippen LogP contribution >= 0.6 is 0 Å². The van der Waals surface area contributed by atoms with Crippen molar-refractivity contribution in [2.75, 3.05) is 0 Å². The fraction of sp³-hybridized carbons (Fsp3) is 0.909. The zero-order valence-electron chi connectivity index (χ0n) is 8.55. The van der Waals surface area contributed by atoms with E-state index in [1.165, 1.54) is 38.5 Å². The third-order valence-electron chi connectivity index (χ3n) is 2.94. The number of hydrogen-bond acceptors (Lipinski definition) is 2. The lowest BCUT2D eigenvalue weighted by Crippen LogP contribution is -2.36. The van der Waals surface area contributed by atoms with Crippen molar-refractivity contribution in [2.45, 2.75) is 57.4 Å². The second kappa shape index (κ2) is 4.62. The van der Waals surface area contributed by atoms with E-state index in [2.05, 4.69) is 6.07 Å².